The van der Waals surface area contributed by atoms with Gasteiger partial charge in [0, 0.05) is 0 Å². The van der Waals surface area contributed by atoms with Gasteiger partial charge in [-0.2, -0.15) is 0 Å². The third-order valence-electron chi connectivity index (χ3n) is 19.5. The van der Waals surface area contributed by atoms with Crippen LogP contribution in [0.4, 0.5) is 0 Å². The van der Waals surface area contributed by atoms with E-state index in [0.717, 1.165) is 4.05 Å². The Labute approximate surface area is 171 Å². The predicted molar refractivity (Wildman–Crippen MR) is 124 cm³/mol. The van der Waals surface area contributed by atoms with Crippen LogP contribution in [0.25, 0.3) is 0 Å². The van der Waals surface area contributed by atoms with Gasteiger partial charge in [-0.1, -0.05) is 0 Å². The van der Waals surface area contributed by atoms with E-state index in [0.29, 0.717) is 0 Å². The quantitative estimate of drug-likeness (QED) is 0.338. The molecule has 10 saturated heterocycles. The molecule has 0 aliphatic carbocycles. The molecular weight excluding hydrogens is 423 g/mol. The van der Waals surface area contributed by atoms with E-state index in [1.165, 1.54) is 54.5 Å². The minimum absolute atomic E-state index is 0.167. The van der Waals surface area contributed by atoms with Crippen molar-refractivity contribution in [2.75, 3.05) is 0 Å². The first-order valence-corrected chi connectivity index (χ1v) is 19.9. The normalized spacial score (nSPS) is 72.8. The molecule has 10 aliphatic heterocycles. The first-order valence-electron chi connectivity index (χ1n) is 12.3. The van der Waals surface area contributed by atoms with Gasteiger partial charge < -0.3 is 0 Å². The fraction of sp³-hybridized carbons (Fsp3) is 0.571. The number of hydrogen-bond donors (Lipinski definition) is 0. The Kier molecular flexibility index (Phi) is 0.877. The molecule has 156 valence electrons. The zero-order chi connectivity index (χ0) is 20.0. The third kappa shape index (κ3) is 0.281. The average Bonchev–Trinajstić information content (AvgIpc) is 3.67. The molecule has 1 spiro atoms. The summed E-state index contributed by atoms with van der Waals surface area (Å²) in [5, 5.41) is 3.65. The zero-order valence-electron chi connectivity index (χ0n) is 18.8. The second-order valence-corrected chi connectivity index (χ2v) is 41.6. The van der Waals surface area contributed by atoms with Crippen molar-refractivity contribution in [2.45, 2.75) is 88.9 Å². The molecular formula is C28H31FeP. The molecule has 0 radical (unpaired) electrons. The zero-order valence-corrected chi connectivity index (χ0v) is 20.8. The van der Waals surface area contributed by atoms with Gasteiger partial charge in [0.1, 0.15) is 0 Å². The van der Waals surface area contributed by atoms with Gasteiger partial charge in [-0.25, -0.2) is 0 Å². The van der Waals surface area contributed by atoms with E-state index in [1.54, 1.807) is 22.3 Å². The van der Waals surface area contributed by atoms with E-state index in [2.05, 4.69) is 65.8 Å². The molecule has 10 fully saturated rings. The summed E-state index contributed by atoms with van der Waals surface area (Å²) in [7, 11) is -0.167. The monoisotopic (exact) mass is 454 g/mol. The van der Waals surface area contributed by atoms with Crippen LogP contribution in [0.5, 0.6) is 0 Å². The molecule has 30 heavy (non-hydrogen) atoms. The average molecular weight is 454 g/mol. The molecule has 12 rings (SSSR count). The van der Waals surface area contributed by atoms with Crippen molar-refractivity contribution in [2.24, 2.45) is 0 Å². The molecule has 0 bridgehead atoms. The Morgan fingerprint density at radius 3 is 1.27 bits per heavy atom. The minimum atomic E-state index is -3.21. The molecule has 4 unspecified atom stereocenters. The second-order valence-electron chi connectivity index (χ2n) is 15.3. The van der Waals surface area contributed by atoms with Crippen LogP contribution in [0.15, 0.2) is 24.3 Å². The van der Waals surface area contributed by atoms with Gasteiger partial charge in [-0.3, -0.25) is 0 Å². The number of fused-ring (bicyclic) bond motifs is 10. The third-order valence-corrected chi connectivity index (χ3v) is 69.1. The van der Waals surface area contributed by atoms with E-state index < -0.39 is 6.51 Å². The Morgan fingerprint density at radius 2 is 0.967 bits per heavy atom. The SMILES string of the molecule is Cc1ccc(P(c2ccc(C)c(C)c2C)[C]23[CH]4[CH]5[CH]6[CH]2[Fe]56432789[CH]3[CH]2[CH]7[CH]8[CH]39)c(C)c1C. The fourth-order valence-corrected chi connectivity index (χ4v) is 108. The topological polar surface area (TPSA) is 0 Å². The number of aryl methyl sites for hydroxylation is 2. The van der Waals surface area contributed by atoms with Crippen molar-refractivity contribution < 1.29 is 6.51 Å². The Morgan fingerprint density at radius 1 is 0.567 bits per heavy atom. The number of rotatable bonds is 3. The molecule has 0 N–H and O–H groups in total. The summed E-state index contributed by atoms with van der Waals surface area (Å²) in [6.45, 7) is 11.2. The van der Waals surface area contributed by atoms with Crippen LogP contribution in [0, 0.1) is 41.5 Å². The van der Waals surface area contributed by atoms with Crippen LogP contribution < -0.4 is 10.6 Å². The molecule has 0 nitrogen and oxygen atoms in total. The summed E-state index contributed by atoms with van der Waals surface area (Å²) in [6.07, 6.45) is 0. The van der Waals surface area contributed by atoms with E-state index in [4.69, 9.17) is 0 Å². The Balaban J connectivity index is 1.25. The first-order chi connectivity index (χ1) is 14.1. The summed E-state index contributed by atoms with van der Waals surface area (Å²) in [5.41, 5.74) is 9.46. The van der Waals surface area contributed by atoms with Crippen LogP contribution >= 0.6 is 7.92 Å². The van der Waals surface area contributed by atoms with Crippen molar-refractivity contribution in [3.8, 4) is 0 Å². The standard InChI is InChI=1S/C23H26P.C5H5.Fe/c1-15-11-13-22(19(5)17(15)3)24(21-9-7-8-10-21)23-14-12-16(2)18(4)20(23)6;1-2-4-5-3-1;/h7-14H,1-6H3;1-5H;. The predicted octanol–water partition coefficient (Wildman–Crippen LogP) is 7.27. The number of benzene rings is 2. The van der Waals surface area contributed by atoms with E-state index in [9.17, 15) is 0 Å². The summed E-state index contributed by atoms with van der Waals surface area (Å²) in [4.78, 5) is 12.7. The number of hydrogen-bond acceptors (Lipinski definition) is 0. The molecule has 0 saturated carbocycles. The molecule has 0 aromatic heterocycles. The summed E-state index contributed by atoms with van der Waals surface area (Å²) in [6, 6.07) is 10.2. The van der Waals surface area contributed by atoms with Crippen molar-refractivity contribution in [3.05, 3.63) is 57.6 Å². The fourth-order valence-electron chi connectivity index (χ4n) is 19.5. The van der Waals surface area contributed by atoms with Crippen molar-refractivity contribution in [3.63, 3.8) is 0 Å². The van der Waals surface area contributed by atoms with Crippen molar-refractivity contribution >= 4 is 18.5 Å². The van der Waals surface area contributed by atoms with Crippen LogP contribution in [0.2, 0.25) is 43.3 Å². The molecule has 2 heteroatoms. The second kappa shape index (κ2) is 1.81. The summed E-state index contributed by atoms with van der Waals surface area (Å²) >= 11 is 0. The van der Waals surface area contributed by atoms with Crippen LogP contribution in [-0.2, 0) is 6.51 Å². The maximum absolute atomic E-state index is 3.21. The van der Waals surface area contributed by atoms with Gasteiger partial charge in [-0.05, 0) is 0 Å². The van der Waals surface area contributed by atoms with Gasteiger partial charge in [0.25, 0.3) is 0 Å². The van der Waals surface area contributed by atoms with E-state index in [-0.39, 0.29) is 7.92 Å². The Hall–Kier alpha value is -0.611. The molecule has 4 atom stereocenters. The van der Waals surface area contributed by atoms with Gasteiger partial charge in [0.2, 0.25) is 0 Å². The van der Waals surface area contributed by atoms with Gasteiger partial charge in [-0.15, -0.1) is 0 Å². The van der Waals surface area contributed by atoms with Crippen molar-refractivity contribution in [1.82, 2.24) is 0 Å². The van der Waals surface area contributed by atoms with Gasteiger partial charge in [0.15, 0.2) is 0 Å². The summed E-state index contributed by atoms with van der Waals surface area (Å²) in [5.74, 6) is 0. The van der Waals surface area contributed by atoms with E-state index in [1.807, 2.05) is 10.6 Å². The summed E-state index contributed by atoms with van der Waals surface area (Å²) < 4.78 is 0.938. The van der Waals surface area contributed by atoms with Crippen LogP contribution in [0.1, 0.15) is 33.4 Å². The van der Waals surface area contributed by atoms with Crippen LogP contribution in [-0.4, -0.2) is 4.05 Å². The molecule has 2 aromatic carbocycles. The molecule has 10 aliphatic rings. The molecule has 10 heterocycles. The molecule has 0 amide bonds. The maximum atomic E-state index is 2.63. The van der Waals surface area contributed by atoms with E-state index >= 15 is 0 Å². The molecule has 2 aromatic rings. The first kappa shape index (κ1) is 14.5. The van der Waals surface area contributed by atoms with Gasteiger partial charge in [0.05, 0.1) is 0 Å². The van der Waals surface area contributed by atoms with Gasteiger partial charge >= 0.3 is 172 Å². The Bertz CT molecular complexity index is 1620. The van der Waals surface area contributed by atoms with Crippen LogP contribution in [0.3, 0.4) is 0 Å². The van der Waals surface area contributed by atoms with Crippen molar-refractivity contribution in [1.29, 1.82) is 0 Å².